The van der Waals surface area contributed by atoms with E-state index in [4.69, 9.17) is 0 Å². The van der Waals surface area contributed by atoms with Gasteiger partial charge in [-0.05, 0) is 30.7 Å². The van der Waals surface area contributed by atoms with Gasteiger partial charge in [0.25, 0.3) is 0 Å². The Morgan fingerprint density at radius 1 is 1.42 bits per heavy atom. The van der Waals surface area contributed by atoms with Crippen LogP contribution in [0.5, 0.6) is 0 Å². The highest BCUT2D eigenvalue weighted by molar-refractivity contribution is 5.85. The Balaban J connectivity index is 0.00000180. The lowest BCUT2D eigenvalue weighted by Gasteiger charge is -2.14. The molecule has 0 spiro atoms. The summed E-state index contributed by atoms with van der Waals surface area (Å²) in [6, 6.07) is 6.14. The molecule has 2 N–H and O–H groups in total. The van der Waals surface area contributed by atoms with E-state index < -0.39 is 0 Å². The van der Waals surface area contributed by atoms with Crippen LogP contribution in [0.3, 0.4) is 0 Å². The first-order valence-electron chi connectivity index (χ1n) is 6.14. The summed E-state index contributed by atoms with van der Waals surface area (Å²) in [5.41, 5.74) is 1.95. The minimum absolute atomic E-state index is 0. The predicted molar refractivity (Wildman–Crippen MR) is 75.9 cm³/mol. The molecule has 3 nitrogen and oxygen atoms in total. The number of hydrogen-bond donors (Lipinski definition) is 2. The van der Waals surface area contributed by atoms with Crippen LogP contribution in [-0.4, -0.2) is 25.5 Å². The van der Waals surface area contributed by atoms with Gasteiger partial charge in [0, 0.05) is 13.1 Å². The Kier molecular flexibility index (Phi) is 6.53. The highest BCUT2D eigenvalue weighted by Crippen LogP contribution is 2.05. The summed E-state index contributed by atoms with van der Waals surface area (Å²) in [7, 11) is 0. The van der Waals surface area contributed by atoms with Gasteiger partial charge in [-0.15, -0.1) is 12.4 Å². The Morgan fingerprint density at radius 2 is 2.26 bits per heavy atom. The summed E-state index contributed by atoms with van der Waals surface area (Å²) in [6.45, 7) is 2.43. The number of nitrogens with one attached hydrogen (secondary N) is 2. The van der Waals surface area contributed by atoms with E-state index in [1.807, 2.05) is 0 Å². The minimum Gasteiger partial charge on any atom is -0.352 e. The molecule has 1 amide bonds. The molecule has 0 atom stereocenters. The highest BCUT2D eigenvalue weighted by atomic mass is 35.5. The molecule has 0 radical (unpaired) electrons. The first-order chi connectivity index (χ1) is 8.74. The molecule has 0 saturated heterocycles. The fourth-order valence-corrected chi connectivity index (χ4v) is 1.94. The van der Waals surface area contributed by atoms with Crippen molar-refractivity contribution in [1.29, 1.82) is 0 Å². The van der Waals surface area contributed by atoms with Crippen molar-refractivity contribution < 1.29 is 9.18 Å². The van der Waals surface area contributed by atoms with Gasteiger partial charge in [0.05, 0.1) is 6.42 Å². The Hall–Kier alpha value is -1.39. The van der Waals surface area contributed by atoms with Crippen molar-refractivity contribution in [2.24, 2.45) is 0 Å². The second kappa shape index (κ2) is 7.92. The van der Waals surface area contributed by atoms with Crippen LogP contribution in [0.1, 0.15) is 12.0 Å². The maximum Gasteiger partial charge on any atom is 0.224 e. The fourth-order valence-electron chi connectivity index (χ4n) is 1.94. The van der Waals surface area contributed by atoms with Crippen molar-refractivity contribution in [3.63, 3.8) is 0 Å². The second-order valence-corrected chi connectivity index (χ2v) is 4.40. The maximum absolute atomic E-state index is 12.9. The van der Waals surface area contributed by atoms with E-state index in [0.717, 1.165) is 19.5 Å². The van der Waals surface area contributed by atoms with Gasteiger partial charge in [-0.1, -0.05) is 23.8 Å². The molecule has 0 fully saturated rings. The average Bonchev–Trinajstić information content (AvgIpc) is 2.38. The molecular formula is C14H18ClFN2O. The number of hydrogen-bond acceptors (Lipinski definition) is 2. The molecule has 0 unspecified atom stereocenters. The fraction of sp³-hybridized carbons (Fsp3) is 0.357. The Bertz CT molecular complexity index is 463. The van der Waals surface area contributed by atoms with Gasteiger partial charge in [-0.3, -0.25) is 4.79 Å². The third-order valence-corrected chi connectivity index (χ3v) is 2.92. The standard InChI is InChI=1S/C14H17FN2O.ClH/c15-13-3-1-2-12(8-13)9-14(18)17-10-11-4-6-16-7-5-11;/h1-4,8,16H,5-7,9-10H2,(H,17,18);1H. The molecule has 1 aromatic rings. The molecule has 1 aliphatic heterocycles. The van der Waals surface area contributed by atoms with Crippen LogP contribution in [0.4, 0.5) is 4.39 Å². The lowest BCUT2D eigenvalue weighted by molar-refractivity contribution is -0.120. The number of halogens is 2. The molecule has 0 bridgehead atoms. The van der Waals surface area contributed by atoms with E-state index in [9.17, 15) is 9.18 Å². The second-order valence-electron chi connectivity index (χ2n) is 4.40. The van der Waals surface area contributed by atoms with Crippen molar-refractivity contribution in [3.05, 3.63) is 47.3 Å². The van der Waals surface area contributed by atoms with Gasteiger partial charge >= 0.3 is 0 Å². The topological polar surface area (TPSA) is 41.1 Å². The number of rotatable bonds is 4. The lowest BCUT2D eigenvalue weighted by atomic mass is 10.1. The first-order valence-corrected chi connectivity index (χ1v) is 6.14. The van der Waals surface area contributed by atoms with Gasteiger partial charge in [-0.2, -0.15) is 0 Å². The van der Waals surface area contributed by atoms with Crippen LogP contribution < -0.4 is 10.6 Å². The van der Waals surface area contributed by atoms with E-state index >= 15 is 0 Å². The molecule has 19 heavy (non-hydrogen) atoms. The smallest absolute Gasteiger partial charge is 0.224 e. The van der Waals surface area contributed by atoms with E-state index in [2.05, 4.69) is 16.7 Å². The van der Waals surface area contributed by atoms with Gasteiger partial charge in [-0.25, -0.2) is 4.39 Å². The molecule has 0 saturated carbocycles. The maximum atomic E-state index is 12.9. The van der Waals surface area contributed by atoms with Crippen molar-refractivity contribution >= 4 is 18.3 Å². The summed E-state index contributed by atoms with van der Waals surface area (Å²) >= 11 is 0. The van der Waals surface area contributed by atoms with Crippen molar-refractivity contribution in [2.75, 3.05) is 19.6 Å². The van der Waals surface area contributed by atoms with E-state index in [-0.39, 0.29) is 30.6 Å². The molecule has 1 aromatic carbocycles. The quantitative estimate of drug-likeness (QED) is 0.828. The van der Waals surface area contributed by atoms with Crippen LogP contribution in [-0.2, 0) is 11.2 Å². The molecule has 2 rings (SSSR count). The molecule has 5 heteroatoms. The summed E-state index contributed by atoms with van der Waals surface area (Å²) in [5, 5.41) is 6.08. The van der Waals surface area contributed by atoms with Gasteiger partial charge < -0.3 is 10.6 Å². The largest absolute Gasteiger partial charge is 0.352 e. The summed E-state index contributed by atoms with van der Waals surface area (Å²) in [4.78, 5) is 11.7. The van der Waals surface area contributed by atoms with Crippen LogP contribution in [0.2, 0.25) is 0 Å². The van der Waals surface area contributed by atoms with E-state index in [1.165, 1.54) is 17.7 Å². The zero-order valence-electron chi connectivity index (χ0n) is 10.6. The summed E-state index contributed by atoms with van der Waals surface area (Å²) in [5.74, 6) is -0.374. The van der Waals surface area contributed by atoms with Crippen LogP contribution in [0, 0.1) is 5.82 Å². The molecule has 1 aliphatic rings. The highest BCUT2D eigenvalue weighted by Gasteiger charge is 2.07. The summed E-state index contributed by atoms with van der Waals surface area (Å²) < 4.78 is 12.9. The normalized spacial score (nSPS) is 14.3. The van der Waals surface area contributed by atoms with Crippen LogP contribution >= 0.6 is 12.4 Å². The molecular weight excluding hydrogens is 267 g/mol. The third kappa shape index (κ3) is 5.41. The molecule has 0 aliphatic carbocycles. The van der Waals surface area contributed by atoms with Crippen LogP contribution in [0.15, 0.2) is 35.9 Å². The lowest BCUT2D eigenvalue weighted by Crippen LogP contribution is -2.30. The van der Waals surface area contributed by atoms with Crippen molar-refractivity contribution in [3.8, 4) is 0 Å². The molecule has 104 valence electrons. The zero-order chi connectivity index (χ0) is 12.8. The predicted octanol–water partition coefficient (Wildman–Crippen LogP) is 1.83. The number of carbonyl (C=O) groups is 1. The van der Waals surface area contributed by atoms with Gasteiger partial charge in [0.15, 0.2) is 0 Å². The summed E-state index contributed by atoms with van der Waals surface area (Å²) in [6.07, 6.45) is 3.30. The SMILES string of the molecule is Cl.O=C(Cc1cccc(F)c1)NCC1=CCNCC1. The molecule has 1 heterocycles. The first kappa shape index (κ1) is 15.7. The Morgan fingerprint density at radius 3 is 2.95 bits per heavy atom. The van der Waals surface area contributed by atoms with Gasteiger partial charge in [0.1, 0.15) is 5.82 Å². The van der Waals surface area contributed by atoms with E-state index in [0.29, 0.717) is 12.1 Å². The third-order valence-electron chi connectivity index (χ3n) is 2.92. The van der Waals surface area contributed by atoms with Gasteiger partial charge in [0.2, 0.25) is 5.91 Å². The molecule has 0 aromatic heterocycles. The zero-order valence-corrected chi connectivity index (χ0v) is 11.4. The number of carbonyl (C=O) groups excluding carboxylic acids is 1. The van der Waals surface area contributed by atoms with Crippen molar-refractivity contribution in [2.45, 2.75) is 12.8 Å². The minimum atomic E-state index is -0.304. The van der Waals surface area contributed by atoms with E-state index in [1.54, 1.807) is 12.1 Å². The average molecular weight is 285 g/mol. The van der Waals surface area contributed by atoms with Crippen LogP contribution in [0.25, 0.3) is 0 Å². The number of amides is 1. The Labute approximate surface area is 118 Å². The van der Waals surface area contributed by atoms with Crippen molar-refractivity contribution in [1.82, 2.24) is 10.6 Å². The monoisotopic (exact) mass is 284 g/mol. The number of benzene rings is 1.